The molecule has 2 fully saturated rings. The molecule has 1 aliphatic carbocycles. The summed E-state index contributed by atoms with van der Waals surface area (Å²) >= 11 is 1.60. The molecular weight excluding hydrogens is 424 g/mol. The minimum absolute atomic E-state index is 0.00106. The van der Waals surface area contributed by atoms with Crippen LogP contribution in [0.2, 0.25) is 0 Å². The van der Waals surface area contributed by atoms with Gasteiger partial charge in [0.1, 0.15) is 12.6 Å². The van der Waals surface area contributed by atoms with Crippen molar-refractivity contribution >= 4 is 23.2 Å². The molecule has 0 N–H and O–H groups in total. The number of ether oxygens (including phenoxy) is 2. The topological polar surface area (TPSA) is 59.1 Å². The van der Waals surface area contributed by atoms with Gasteiger partial charge in [-0.2, -0.15) is 0 Å². The van der Waals surface area contributed by atoms with Crippen LogP contribution in [0.25, 0.3) is 0 Å². The maximum absolute atomic E-state index is 13.8. The standard InChI is InChI=1S/C25H32N2O4S/c1-3-13-31-21-12-11-18(15-22(21)30-2)24-25(29)26(19-8-5-4-6-9-19)17-23(28)27(24)16-20-10-7-14-32-20/h7,10-12,14-15,19,24H,3-6,8-9,13,16-17H2,1-2H3/t24-/m1/s1. The second-order valence-corrected chi connectivity index (χ2v) is 9.55. The minimum Gasteiger partial charge on any atom is -0.493 e. The molecule has 7 heteroatoms. The van der Waals surface area contributed by atoms with E-state index in [0.29, 0.717) is 24.7 Å². The lowest BCUT2D eigenvalue weighted by atomic mass is 9.91. The van der Waals surface area contributed by atoms with E-state index in [2.05, 4.69) is 6.92 Å². The Morgan fingerprint density at radius 2 is 1.91 bits per heavy atom. The van der Waals surface area contributed by atoms with Crippen LogP contribution in [0.15, 0.2) is 35.7 Å². The Balaban J connectivity index is 1.68. The number of carbonyl (C=O) groups is 2. The average molecular weight is 457 g/mol. The maximum atomic E-state index is 13.8. The summed E-state index contributed by atoms with van der Waals surface area (Å²) in [6.45, 7) is 3.24. The highest BCUT2D eigenvalue weighted by atomic mass is 32.1. The summed E-state index contributed by atoms with van der Waals surface area (Å²) in [4.78, 5) is 31.8. The summed E-state index contributed by atoms with van der Waals surface area (Å²) in [5.74, 6) is 1.25. The minimum atomic E-state index is -0.658. The van der Waals surface area contributed by atoms with E-state index < -0.39 is 6.04 Å². The van der Waals surface area contributed by atoms with Gasteiger partial charge in [-0.3, -0.25) is 9.59 Å². The van der Waals surface area contributed by atoms with Crippen molar-refractivity contribution in [3.63, 3.8) is 0 Å². The van der Waals surface area contributed by atoms with Crippen LogP contribution in [0.5, 0.6) is 11.5 Å². The predicted octanol–water partition coefficient (Wildman–Crippen LogP) is 4.79. The molecule has 0 spiro atoms. The maximum Gasteiger partial charge on any atom is 0.250 e. The van der Waals surface area contributed by atoms with Gasteiger partial charge in [-0.15, -0.1) is 11.3 Å². The van der Waals surface area contributed by atoms with Gasteiger partial charge in [-0.1, -0.05) is 38.3 Å². The second kappa shape index (κ2) is 10.4. The van der Waals surface area contributed by atoms with Crippen LogP contribution in [0.3, 0.4) is 0 Å². The summed E-state index contributed by atoms with van der Waals surface area (Å²) in [7, 11) is 1.60. The Morgan fingerprint density at radius 3 is 2.59 bits per heavy atom. The Bertz CT molecular complexity index is 924. The van der Waals surface area contributed by atoms with E-state index in [1.165, 1.54) is 6.42 Å². The van der Waals surface area contributed by atoms with Crippen LogP contribution >= 0.6 is 11.3 Å². The van der Waals surface area contributed by atoms with Crippen LogP contribution in [-0.4, -0.2) is 47.9 Å². The van der Waals surface area contributed by atoms with Gasteiger partial charge in [0.15, 0.2) is 11.5 Å². The lowest BCUT2D eigenvalue weighted by Crippen LogP contribution is -2.58. The third-order valence-electron chi connectivity index (χ3n) is 6.34. The summed E-state index contributed by atoms with van der Waals surface area (Å²) in [6, 6.07) is 9.08. The normalized spacial score (nSPS) is 20.0. The molecule has 2 amide bonds. The van der Waals surface area contributed by atoms with Gasteiger partial charge in [-0.25, -0.2) is 0 Å². The van der Waals surface area contributed by atoms with E-state index >= 15 is 0 Å². The molecule has 4 rings (SSSR count). The van der Waals surface area contributed by atoms with Crippen molar-refractivity contribution < 1.29 is 19.1 Å². The van der Waals surface area contributed by atoms with Crippen molar-refractivity contribution in [3.8, 4) is 11.5 Å². The van der Waals surface area contributed by atoms with Gasteiger partial charge in [0, 0.05) is 10.9 Å². The highest BCUT2D eigenvalue weighted by molar-refractivity contribution is 7.09. The molecule has 0 radical (unpaired) electrons. The lowest BCUT2D eigenvalue weighted by molar-refractivity contribution is -0.159. The van der Waals surface area contributed by atoms with Gasteiger partial charge in [0.05, 0.1) is 20.3 Å². The quantitative estimate of drug-likeness (QED) is 0.573. The molecule has 1 saturated carbocycles. The predicted molar refractivity (Wildman–Crippen MR) is 125 cm³/mol. The first-order valence-corrected chi connectivity index (χ1v) is 12.4. The molecule has 1 saturated heterocycles. The fourth-order valence-electron chi connectivity index (χ4n) is 4.71. The first-order valence-electron chi connectivity index (χ1n) is 11.6. The van der Waals surface area contributed by atoms with Gasteiger partial charge >= 0.3 is 0 Å². The number of amides is 2. The first kappa shape index (κ1) is 22.6. The number of piperazine rings is 1. The number of rotatable bonds is 8. The van der Waals surface area contributed by atoms with E-state index in [1.54, 1.807) is 23.3 Å². The van der Waals surface area contributed by atoms with Crippen molar-refractivity contribution in [2.24, 2.45) is 0 Å². The fraction of sp³-hybridized carbons (Fsp3) is 0.520. The summed E-state index contributed by atoms with van der Waals surface area (Å²) in [5.41, 5.74) is 0.765. The summed E-state index contributed by atoms with van der Waals surface area (Å²) < 4.78 is 11.4. The third kappa shape index (κ3) is 4.77. The van der Waals surface area contributed by atoms with E-state index in [9.17, 15) is 9.59 Å². The largest absolute Gasteiger partial charge is 0.493 e. The van der Waals surface area contributed by atoms with Gasteiger partial charge in [0.2, 0.25) is 5.91 Å². The first-order chi connectivity index (χ1) is 15.6. The molecule has 2 heterocycles. The van der Waals surface area contributed by atoms with Crippen LogP contribution in [0, 0.1) is 0 Å². The average Bonchev–Trinajstić information content (AvgIpc) is 3.34. The molecule has 0 unspecified atom stereocenters. The number of nitrogens with zero attached hydrogens (tertiary/aromatic N) is 2. The fourth-order valence-corrected chi connectivity index (χ4v) is 5.41. The summed E-state index contributed by atoms with van der Waals surface area (Å²) in [6.07, 6.45) is 6.28. The number of methoxy groups -OCH3 is 1. The Kier molecular flexibility index (Phi) is 7.35. The van der Waals surface area contributed by atoms with E-state index in [4.69, 9.17) is 9.47 Å². The molecule has 1 aliphatic heterocycles. The van der Waals surface area contributed by atoms with Crippen molar-refractivity contribution in [2.45, 2.75) is 64.1 Å². The third-order valence-corrected chi connectivity index (χ3v) is 7.20. The van der Waals surface area contributed by atoms with E-state index in [-0.39, 0.29) is 24.4 Å². The smallest absolute Gasteiger partial charge is 0.250 e. The van der Waals surface area contributed by atoms with Crippen molar-refractivity contribution in [3.05, 3.63) is 46.2 Å². The van der Waals surface area contributed by atoms with Gasteiger partial charge < -0.3 is 19.3 Å². The van der Waals surface area contributed by atoms with Crippen LogP contribution in [0.1, 0.15) is 61.9 Å². The number of benzene rings is 1. The van der Waals surface area contributed by atoms with Gasteiger partial charge in [-0.05, 0) is 48.4 Å². The molecule has 0 bridgehead atoms. The van der Waals surface area contributed by atoms with Crippen LogP contribution in [-0.2, 0) is 16.1 Å². The SMILES string of the molecule is CCCOc1ccc([C@@H]2C(=O)N(C3CCCCC3)CC(=O)N2Cc2cccs2)cc1OC. The molecule has 1 atom stereocenters. The van der Waals surface area contributed by atoms with E-state index in [0.717, 1.165) is 42.5 Å². The number of carbonyl (C=O) groups excluding carboxylic acids is 2. The zero-order chi connectivity index (χ0) is 22.5. The lowest BCUT2D eigenvalue weighted by Gasteiger charge is -2.44. The summed E-state index contributed by atoms with van der Waals surface area (Å²) in [5, 5.41) is 2.00. The Morgan fingerprint density at radius 1 is 1.09 bits per heavy atom. The molecule has 1 aromatic heterocycles. The van der Waals surface area contributed by atoms with E-state index in [1.807, 2.05) is 40.6 Å². The Labute approximate surface area is 194 Å². The zero-order valence-electron chi connectivity index (χ0n) is 18.9. The molecule has 2 aliphatic rings. The number of hydrogen-bond acceptors (Lipinski definition) is 5. The van der Waals surface area contributed by atoms with Crippen molar-refractivity contribution in [1.29, 1.82) is 0 Å². The number of thiophene rings is 1. The molecule has 172 valence electrons. The molecule has 32 heavy (non-hydrogen) atoms. The second-order valence-electron chi connectivity index (χ2n) is 8.52. The van der Waals surface area contributed by atoms with Crippen molar-refractivity contribution in [1.82, 2.24) is 9.80 Å². The van der Waals surface area contributed by atoms with Gasteiger partial charge in [0.25, 0.3) is 5.91 Å². The molecule has 2 aromatic rings. The zero-order valence-corrected chi connectivity index (χ0v) is 19.7. The highest BCUT2D eigenvalue weighted by Gasteiger charge is 2.43. The Hall–Kier alpha value is -2.54. The molecule has 6 nitrogen and oxygen atoms in total. The highest BCUT2D eigenvalue weighted by Crippen LogP contribution is 2.37. The molecular formula is C25H32N2O4S. The van der Waals surface area contributed by atoms with Crippen LogP contribution in [0.4, 0.5) is 0 Å². The van der Waals surface area contributed by atoms with Crippen molar-refractivity contribution in [2.75, 3.05) is 20.3 Å². The number of hydrogen-bond donors (Lipinski definition) is 0. The monoisotopic (exact) mass is 456 g/mol. The molecule has 1 aromatic carbocycles. The van der Waals surface area contributed by atoms with Crippen LogP contribution < -0.4 is 9.47 Å².